The van der Waals surface area contributed by atoms with Crippen molar-refractivity contribution in [3.8, 4) is 56.5 Å². The summed E-state index contributed by atoms with van der Waals surface area (Å²) in [6.45, 7) is 0. The van der Waals surface area contributed by atoms with Gasteiger partial charge in [-0.1, -0.05) is 152 Å². The highest BCUT2D eigenvalue weighted by Crippen LogP contribution is 2.41. The summed E-state index contributed by atoms with van der Waals surface area (Å²) in [4.78, 5) is 20.5. The second-order valence-electron chi connectivity index (χ2n) is 13.4. The Kier molecular flexibility index (Phi) is 6.97. The van der Waals surface area contributed by atoms with Crippen LogP contribution in [0, 0.1) is 0 Å². The van der Waals surface area contributed by atoms with Gasteiger partial charge in [0.05, 0.1) is 15.9 Å². The fraction of sp³-hybridized carbons (Fsp3) is 0. The Morgan fingerprint density at radius 2 is 0.963 bits per heavy atom. The Morgan fingerprint density at radius 1 is 0.389 bits per heavy atom. The van der Waals surface area contributed by atoms with Gasteiger partial charge in [0.2, 0.25) is 0 Å². The molecule has 0 spiro atoms. The molecule has 0 radical (unpaired) electrons. The Morgan fingerprint density at radius 3 is 1.78 bits per heavy atom. The normalized spacial score (nSPS) is 11.7. The molecule has 0 atom stereocenters. The van der Waals surface area contributed by atoms with Gasteiger partial charge in [0.25, 0.3) is 0 Å². The van der Waals surface area contributed by atoms with Crippen molar-refractivity contribution in [2.24, 2.45) is 0 Å². The Bertz CT molecular complexity index is 3220. The molecule has 6 heteroatoms. The summed E-state index contributed by atoms with van der Waals surface area (Å²) >= 11 is 1.80. The van der Waals surface area contributed by atoms with Crippen LogP contribution in [0.5, 0.6) is 0 Å². The Balaban J connectivity index is 1.04. The minimum absolute atomic E-state index is 0.600. The van der Waals surface area contributed by atoms with Gasteiger partial charge in [-0.15, -0.1) is 11.3 Å². The molecule has 0 unspecified atom stereocenters. The average Bonchev–Trinajstić information content (AvgIpc) is 3.83. The molecule has 0 aliphatic heterocycles. The predicted octanol–water partition coefficient (Wildman–Crippen LogP) is 13.0. The van der Waals surface area contributed by atoms with Gasteiger partial charge >= 0.3 is 0 Å². The number of pyridine rings is 1. The van der Waals surface area contributed by atoms with Gasteiger partial charge in [-0.3, -0.25) is 0 Å². The molecule has 5 nitrogen and oxygen atoms in total. The Hall–Kier alpha value is -7.02. The van der Waals surface area contributed by atoms with Crippen LogP contribution in [0.15, 0.2) is 174 Å². The number of fused-ring (bicyclic) bond motifs is 8. The van der Waals surface area contributed by atoms with E-state index in [0.29, 0.717) is 17.5 Å². The number of benzene rings is 7. The molecule has 7 aromatic carbocycles. The average molecular weight is 709 g/mol. The number of hydrogen-bond donors (Lipinski definition) is 0. The molecule has 252 valence electrons. The number of hydrogen-bond acceptors (Lipinski definition) is 6. The first-order chi connectivity index (χ1) is 26.7. The first-order valence-corrected chi connectivity index (χ1v) is 18.7. The molecular weight excluding hydrogens is 681 g/mol. The monoisotopic (exact) mass is 708 g/mol. The van der Waals surface area contributed by atoms with Crippen LogP contribution in [0.3, 0.4) is 0 Å². The summed E-state index contributed by atoms with van der Waals surface area (Å²) in [5.74, 6) is 1.82. The molecule has 0 aliphatic carbocycles. The molecule has 4 heterocycles. The highest BCUT2D eigenvalue weighted by molar-refractivity contribution is 7.26. The molecule has 0 amide bonds. The topological polar surface area (TPSA) is 64.7 Å². The van der Waals surface area contributed by atoms with Crippen molar-refractivity contribution in [2.75, 3.05) is 0 Å². The third kappa shape index (κ3) is 4.99. The molecule has 0 saturated carbocycles. The number of rotatable bonds is 5. The van der Waals surface area contributed by atoms with E-state index in [4.69, 9.17) is 24.4 Å². The van der Waals surface area contributed by atoms with Gasteiger partial charge in [-0.05, 0) is 23.8 Å². The van der Waals surface area contributed by atoms with Crippen molar-refractivity contribution in [2.45, 2.75) is 0 Å². The fourth-order valence-electron chi connectivity index (χ4n) is 7.53. The highest BCUT2D eigenvalue weighted by Gasteiger charge is 2.18. The van der Waals surface area contributed by atoms with Crippen molar-refractivity contribution >= 4 is 64.4 Å². The summed E-state index contributed by atoms with van der Waals surface area (Å²) in [6.07, 6.45) is 0. The van der Waals surface area contributed by atoms with Crippen LogP contribution in [-0.2, 0) is 0 Å². The van der Waals surface area contributed by atoms with Crippen LogP contribution >= 0.6 is 11.3 Å². The van der Waals surface area contributed by atoms with E-state index in [-0.39, 0.29) is 0 Å². The van der Waals surface area contributed by atoms with E-state index in [0.717, 1.165) is 71.9 Å². The molecule has 0 fully saturated rings. The number of para-hydroxylation sites is 2. The van der Waals surface area contributed by atoms with Crippen molar-refractivity contribution < 1.29 is 4.42 Å². The van der Waals surface area contributed by atoms with Crippen molar-refractivity contribution in [3.05, 3.63) is 170 Å². The maximum atomic E-state index is 6.35. The first-order valence-electron chi connectivity index (χ1n) is 17.9. The lowest BCUT2D eigenvalue weighted by Gasteiger charge is -2.11. The van der Waals surface area contributed by atoms with Crippen LogP contribution in [-0.4, -0.2) is 19.9 Å². The largest absolute Gasteiger partial charge is 0.455 e. The van der Waals surface area contributed by atoms with Crippen molar-refractivity contribution in [3.63, 3.8) is 0 Å². The summed E-state index contributed by atoms with van der Waals surface area (Å²) in [5, 5.41) is 5.73. The molecule has 4 aromatic heterocycles. The van der Waals surface area contributed by atoms with Crippen molar-refractivity contribution in [1.29, 1.82) is 0 Å². The van der Waals surface area contributed by atoms with E-state index in [1.807, 2.05) is 48.5 Å². The van der Waals surface area contributed by atoms with E-state index < -0.39 is 0 Å². The minimum atomic E-state index is 0.600. The summed E-state index contributed by atoms with van der Waals surface area (Å²) in [7, 11) is 0. The molecule has 0 bridgehead atoms. The van der Waals surface area contributed by atoms with Crippen LogP contribution in [0.25, 0.3) is 110 Å². The number of thiophene rings is 1. The number of aromatic nitrogens is 4. The molecule has 54 heavy (non-hydrogen) atoms. The number of nitrogens with zero attached hydrogens (tertiary/aromatic N) is 4. The van der Waals surface area contributed by atoms with Gasteiger partial charge < -0.3 is 4.42 Å². The second kappa shape index (κ2) is 12.3. The summed E-state index contributed by atoms with van der Waals surface area (Å²) < 4.78 is 8.79. The lowest BCUT2D eigenvalue weighted by atomic mass is 10.0. The van der Waals surface area contributed by atoms with E-state index in [2.05, 4.69) is 121 Å². The van der Waals surface area contributed by atoms with Crippen molar-refractivity contribution in [1.82, 2.24) is 19.9 Å². The van der Waals surface area contributed by atoms with E-state index in [1.54, 1.807) is 11.3 Å². The highest BCUT2D eigenvalue weighted by atomic mass is 32.1. The van der Waals surface area contributed by atoms with E-state index >= 15 is 0 Å². The van der Waals surface area contributed by atoms with Crippen LogP contribution in [0.2, 0.25) is 0 Å². The zero-order valence-electron chi connectivity index (χ0n) is 28.8. The molecule has 11 rings (SSSR count). The zero-order chi connectivity index (χ0) is 35.6. The third-order valence-corrected chi connectivity index (χ3v) is 11.3. The van der Waals surface area contributed by atoms with Gasteiger partial charge in [0.15, 0.2) is 17.5 Å². The summed E-state index contributed by atoms with van der Waals surface area (Å²) in [5.41, 5.74) is 9.57. The van der Waals surface area contributed by atoms with Crippen LogP contribution < -0.4 is 0 Å². The standard InChI is InChI=1S/C48H28N4OS/c1-2-12-30(13-3-1)46-50-47(31-26-24-29(25-27-31)34-20-11-21-37-35-16-6-8-22-40(35)53-44(34)37)52-48(51-46)33-15-10-14-32(28-33)42-36-17-4-5-18-38(36)45-43(49-42)39-19-7-9-23-41(39)54-45/h1-28H. The lowest BCUT2D eigenvalue weighted by molar-refractivity contribution is 0.670. The lowest BCUT2D eigenvalue weighted by Crippen LogP contribution is -2.00. The SMILES string of the molecule is c1ccc(-c2nc(-c3ccc(-c4cccc5c4oc4ccccc45)cc3)nc(-c3cccc(-c4nc5c6ccccc6sc5c5ccccc45)c3)n2)cc1. The first kappa shape index (κ1) is 30.6. The second-order valence-corrected chi connectivity index (χ2v) is 14.4. The molecule has 11 aromatic rings. The zero-order valence-corrected chi connectivity index (χ0v) is 29.6. The predicted molar refractivity (Wildman–Crippen MR) is 222 cm³/mol. The van der Waals surface area contributed by atoms with Gasteiger partial charge in [0, 0.05) is 59.4 Å². The molecule has 0 saturated heterocycles. The van der Waals surface area contributed by atoms with E-state index in [9.17, 15) is 0 Å². The summed E-state index contributed by atoms with van der Waals surface area (Å²) in [6, 6.07) is 58.5. The molecule has 0 N–H and O–H groups in total. The minimum Gasteiger partial charge on any atom is -0.455 e. The third-order valence-electron chi connectivity index (χ3n) is 10.1. The molecular formula is C48H28N4OS. The fourth-order valence-corrected chi connectivity index (χ4v) is 8.72. The van der Waals surface area contributed by atoms with Crippen LogP contribution in [0.4, 0.5) is 0 Å². The Labute approximate surface area is 313 Å². The number of furan rings is 1. The van der Waals surface area contributed by atoms with Gasteiger partial charge in [-0.2, -0.15) is 0 Å². The maximum absolute atomic E-state index is 6.35. The maximum Gasteiger partial charge on any atom is 0.164 e. The molecule has 0 aliphatic rings. The van der Waals surface area contributed by atoms with Gasteiger partial charge in [-0.25, -0.2) is 19.9 Å². The smallest absolute Gasteiger partial charge is 0.164 e. The quantitative estimate of drug-likeness (QED) is 0.178. The van der Waals surface area contributed by atoms with Gasteiger partial charge in [0.1, 0.15) is 11.2 Å². The van der Waals surface area contributed by atoms with Crippen LogP contribution in [0.1, 0.15) is 0 Å². The van der Waals surface area contributed by atoms with E-state index in [1.165, 1.54) is 20.2 Å².